The highest BCUT2D eigenvalue weighted by molar-refractivity contribution is 8.06. The van der Waals surface area contributed by atoms with Crippen molar-refractivity contribution in [1.82, 2.24) is 5.32 Å². The van der Waals surface area contributed by atoms with Crippen LogP contribution in [0.15, 0.2) is 17.5 Å². The molecule has 1 unspecified atom stereocenters. The van der Waals surface area contributed by atoms with Gasteiger partial charge in [-0.25, -0.2) is 0 Å². The summed E-state index contributed by atoms with van der Waals surface area (Å²) >= 11 is 6.05. The van der Waals surface area contributed by atoms with Gasteiger partial charge in [-0.3, -0.25) is 0 Å². The molecule has 0 radical (unpaired) electrons. The second kappa shape index (κ2) is 6.05. The van der Waals surface area contributed by atoms with Crippen LogP contribution in [-0.2, 0) is 6.54 Å². The Kier molecular flexibility index (Phi) is 4.70. The second-order valence-corrected chi connectivity index (χ2v) is 6.87. The first-order valence-electron chi connectivity index (χ1n) is 4.87. The molecule has 1 aliphatic rings. The van der Waals surface area contributed by atoms with Gasteiger partial charge >= 0.3 is 0 Å². The molecule has 1 saturated heterocycles. The summed E-state index contributed by atoms with van der Waals surface area (Å²) in [7, 11) is 0. The fourth-order valence-corrected chi connectivity index (χ4v) is 4.74. The lowest BCUT2D eigenvalue weighted by Crippen LogP contribution is -2.28. The number of hydrogen-bond acceptors (Lipinski definition) is 4. The Morgan fingerprint density at radius 1 is 1.43 bits per heavy atom. The highest BCUT2D eigenvalue weighted by Gasteiger charge is 2.13. The zero-order valence-corrected chi connectivity index (χ0v) is 10.5. The molecular weight excluding hydrogens is 230 g/mol. The van der Waals surface area contributed by atoms with Crippen LogP contribution < -0.4 is 5.32 Å². The number of thioether (sulfide) groups is 2. The van der Waals surface area contributed by atoms with E-state index in [1.54, 1.807) is 0 Å². The molecule has 0 bridgehead atoms. The summed E-state index contributed by atoms with van der Waals surface area (Å²) in [6, 6.07) is 4.31. The van der Waals surface area contributed by atoms with E-state index in [9.17, 15) is 0 Å². The predicted octanol–water partition coefficient (Wildman–Crippen LogP) is 2.69. The Hall–Kier alpha value is 0.360. The van der Waals surface area contributed by atoms with Crippen molar-refractivity contribution >= 4 is 34.9 Å². The minimum absolute atomic E-state index is 0.828. The smallest absolute Gasteiger partial charge is 0.0300 e. The van der Waals surface area contributed by atoms with Crippen molar-refractivity contribution in [2.24, 2.45) is 0 Å². The lowest BCUT2D eigenvalue weighted by Gasteiger charge is -2.20. The molecule has 0 aliphatic carbocycles. The second-order valence-electron chi connectivity index (χ2n) is 3.28. The van der Waals surface area contributed by atoms with Crippen molar-refractivity contribution in [3.05, 3.63) is 22.4 Å². The van der Waals surface area contributed by atoms with Crippen molar-refractivity contribution in [3.8, 4) is 0 Å². The van der Waals surface area contributed by atoms with Crippen molar-refractivity contribution < 1.29 is 0 Å². The van der Waals surface area contributed by atoms with Gasteiger partial charge in [0.05, 0.1) is 0 Å². The van der Waals surface area contributed by atoms with Crippen LogP contribution in [0.5, 0.6) is 0 Å². The third kappa shape index (κ3) is 3.50. The average Bonchev–Trinajstić information content (AvgIpc) is 2.72. The number of nitrogens with one attached hydrogen (secondary N) is 1. The number of rotatable bonds is 4. The summed E-state index contributed by atoms with van der Waals surface area (Å²) in [6.45, 7) is 2.20. The molecule has 0 amide bonds. The van der Waals surface area contributed by atoms with Crippen molar-refractivity contribution in [2.75, 3.05) is 23.8 Å². The van der Waals surface area contributed by atoms with Gasteiger partial charge in [-0.1, -0.05) is 6.07 Å². The fourth-order valence-electron chi connectivity index (χ4n) is 1.42. The molecule has 2 heterocycles. The highest BCUT2D eigenvalue weighted by atomic mass is 32.2. The minimum Gasteiger partial charge on any atom is -0.311 e. The van der Waals surface area contributed by atoms with Crippen LogP contribution in [0.25, 0.3) is 0 Å². The molecule has 4 heteroatoms. The lowest BCUT2D eigenvalue weighted by atomic mass is 10.4. The largest absolute Gasteiger partial charge is 0.311 e. The van der Waals surface area contributed by atoms with Gasteiger partial charge in [0.2, 0.25) is 0 Å². The van der Waals surface area contributed by atoms with Gasteiger partial charge in [0.25, 0.3) is 0 Å². The molecule has 0 spiro atoms. The van der Waals surface area contributed by atoms with Gasteiger partial charge in [0.15, 0.2) is 0 Å². The molecule has 78 valence electrons. The Balaban J connectivity index is 1.62. The summed E-state index contributed by atoms with van der Waals surface area (Å²) in [5, 5.41) is 6.50. The SMILES string of the molecule is c1csc(CNCC2CSCCS2)c1. The molecule has 2 rings (SSSR count). The molecule has 1 aromatic heterocycles. The normalized spacial score (nSPS) is 22.4. The number of hydrogen-bond donors (Lipinski definition) is 1. The first-order chi connectivity index (χ1) is 6.95. The fraction of sp³-hybridized carbons (Fsp3) is 0.600. The van der Waals surface area contributed by atoms with E-state index in [1.165, 1.54) is 22.1 Å². The average molecular weight is 245 g/mol. The van der Waals surface area contributed by atoms with Crippen LogP contribution >= 0.6 is 34.9 Å². The predicted molar refractivity (Wildman–Crippen MR) is 69.6 cm³/mol. The van der Waals surface area contributed by atoms with Gasteiger partial charge in [-0.2, -0.15) is 23.5 Å². The van der Waals surface area contributed by atoms with E-state index in [0.29, 0.717) is 0 Å². The third-order valence-corrected chi connectivity index (χ3v) is 5.86. The standard InChI is InChI=1S/C10H15NS3/c1-2-9(13-3-1)6-11-7-10-8-12-4-5-14-10/h1-3,10-11H,4-8H2. The van der Waals surface area contributed by atoms with Gasteiger partial charge in [0.1, 0.15) is 0 Å². The van der Waals surface area contributed by atoms with Gasteiger partial charge in [-0.05, 0) is 11.4 Å². The Bertz CT molecular complexity index is 242. The third-order valence-electron chi connectivity index (χ3n) is 2.14. The molecule has 1 aliphatic heterocycles. The molecule has 0 aromatic carbocycles. The Morgan fingerprint density at radius 3 is 3.14 bits per heavy atom. The molecule has 0 saturated carbocycles. The van der Waals surface area contributed by atoms with Crippen LogP contribution in [0.4, 0.5) is 0 Å². The van der Waals surface area contributed by atoms with Crippen LogP contribution in [-0.4, -0.2) is 29.1 Å². The molecule has 1 nitrogen and oxygen atoms in total. The summed E-state index contributed by atoms with van der Waals surface area (Å²) in [6.07, 6.45) is 0. The zero-order valence-electron chi connectivity index (χ0n) is 8.07. The molecule has 1 aromatic rings. The van der Waals surface area contributed by atoms with Crippen LogP contribution in [0.1, 0.15) is 4.88 Å². The first-order valence-corrected chi connectivity index (χ1v) is 7.96. The van der Waals surface area contributed by atoms with Gasteiger partial charge in [0, 0.05) is 40.5 Å². The topological polar surface area (TPSA) is 12.0 Å². The van der Waals surface area contributed by atoms with Crippen molar-refractivity contribution in [1.29, 1.82) is 0 Å². The van der Waals surface area contributed by atoms with Crippen LogP contribution in [0.3, 0.4) is 0 Å². The maximum absolute atomic E-state index is 3.53. The van der Waals surface area contributed by atoms with Gasteiger partial charge in [-0.15, -0.1) is 11.3 Å². The molecular formula is C10H15NS3. The van der Waals surface area contributed by atoms with Crippen LogP contribution in [0.2, 0.25) is 0 Å². The zero-order chi connectivity index (χ0) is 9.64. The van der Waals surface area contributed by atoms with E-state index >= 15 is 0 Å². The monoisotopic (exact) mass is 245 g/mol. The summed E-state index contributed by atoms with van der Waals surface area (Å²) in [5.74, 6) is 3.99. The van der Waals surface area contributed by atoms with E-state index in [4.69, 9.17) is 0 Å². The number of thiophene rings is 1. The van der Waals surface area contributed by atoms with E-state index in [2.05, 4.69) is 46.4 Å². The Morgan fingerprint density at radius 2 is 2.43 bits per heavy atom. The molecule has 14 heavy (non-hydrogen) atoms. The van der Waals surface area contributed by atoms with E-state index in [-0.39, 0.29) is 0 Å². The van der Waals surface area contributed by atoms with Crippen molar-refractivity contribution in [3.63, 3.8) is 0 Å². The van der Waals surface area contributed by atoms with Crippen LogP contribution in [0, 0.1) is 0 Å². The van der Waals surface area contributed by atoms with Gasteiger partial charge < -0.3 is 5.32 Å². The summed E-state index contributed by atoms with van der Waals surface area (Å²) in [5.41, 5.74) is 0. The maximum Gasteiger partial charge on any atom is 0.0300 e. The summed E-state index contributed by atoms with van der Waals surface area (Å²) < 4.78 is 0. The minimum atomic E-state index is 0.828. The molecule has 1 atom stereocenters. The van der Waals surface area contributed by atoms with E-state index in [0.717, 1.165) is 18.3 Å². The molecule has 1 fully saturated rings. The lowest BCUT2D eigenvalue weighted by molar-refractivity contribution is 0.693. The van der Waals surface area contributed by atoms with Crippen molar-refractivity contribution in [2.45, 2.75) is 11.8 Å². The maximum atomic E-state index is 3.53. The van der Waals surface area contributed by atoms with E-state index in [1.807, 2.05) is 11.3 Å². The first kappa shape index (κ1) is 10.9. The highest BCUT2D eigenvalue weighted by Crippen LogP contribution is 2.23. The Labute approximate surface area is 98.1 Å². The summed E-state index contributed by atoms with van der Waals surface area (Å²) in [4.78, 5) is 1.44. The van der Waals surface area contributed by atoms with E-state index < -0.39 is 0 Å². The molecule has 1 N–H and O–H groups in total. The quantitative estimate of drug-likeness (QED) is 0.876.